The molecule has 6 nitrogen and oxygen atoms in total. The van der Waals surface area contributed by atoms with Gasteiger partial charge >= 0.3 is 12.0 Å². The second-order valence-electron chi connectivity index (χ2n) is 4.31. The highest BCUT2D eigenvalue weighted by Gasteiger charge is 2.26. The van der Waals surface area contributed by atoms with E-state index in [4.69, 9.17) is 10.8 Å². The Balaban J connectivity index is 2.42. The first-order valence-electron chi connectivity index (χ1n) is 5.46. The molecule has 2 amide bonds. The first kappa shape index (κ1) is 12.8. The summed E-state index contributed by atoms with van der Waals surface area (Å²) in [5.74, 6) is -0.832. The number of hydrogen-bond acceptors (Lipinski definition) is 3. The third-order valence-corrected chi connectivity index (χ3v) is 3.00. The smallest absolute Gasteiger partial charge is 0.326 e. The van der Waals surface area contributed by atoms with Gasteiger partial charge in [0.1, 0.15) is 6.04 Å². The van der Waals surface area contributed by atoms with E-state index in [0.717, 1.165) is 12.8 Å². The highest BCUT2D eigenvalue weighted by atomic mass is 16.4. The minimum atomic E-state index is -1.06. The van der Waals surface area contributed by atoms with Crippen LogP contribution in [0.25, 0.3) is 0 Å². The van der Waals surface area contributed by atoms with E-state index in [1.165, 1.54) is 0 Å². The predicted octanol–water partition coefficient (Wildman–Crippen LogP) is 0.0491. The molecule has 0 radical (unpaired) electrons. The lowest BCUT2D eigenvalue weighted by Gasteiger charge is -2.27. The van der Waals surface area contributed by atoms with Crippen LogP contribution in [0.3, 0.4) is 0 Å². The minimum absolute atomic E-state index is 0.233. The molecule has 0 spiro atoms. The van der Waals surface area contributed by atoms with Crippen LogP contribution in [0, 0.1) is 5.92 Å². The third-order valence-electron chi connectivity index (χ3n) is 3.00. The number of carbonyl (C=O) groups excluding carboxylic acids is 1. The standard InChI is InChI=1S/C10H18N2O4/c11-10(16)12-8(9(14)15)5-6-1-3-7(13)4-2-6/h6-8,13H,1-5H2,(H,14,15)(H3,11,12,16). The SMILES string of the molecule is NC(=O)NC(CC1CCC(O)CC1)C(=O)O. The Hall–Kier alpha value is -1.30. The summed E-state index contributed by atoms with van der Waals surface area (Å²) in [6.45, 7) is 0. The monoisotopic (exact) mass is 230 g/mol. The summed E-state index contributed by atoms with van der Waals surface area (Å²) >= 11 is 0. The maximum atomic E-state index is 10.9. The summed E-state index contributed by atoms with van der Waals surface area (Å²) < 4.78 is 0. The Morgan fingerprint density at radius 2 is 1.88 bits per heavy atom. The van der Waals surface area contributed by atoms with Gasteiger partial charge in [-0.2, -0.15) is 0 Å². The van der Waals surface area contributed by atoms with Crippen molar-refractivity contribution in [3.63, 3.8) is 0 Å². The lowest BCUT2D eigenvalue weighted by molar-refractivity contribution is -0.139. The van der Waals surface area contributed by atoms with E-state index in [9.17, 15) is 14.7 Å². The molecular weight excluding hydrogens is 212 g/mol. The second-order valence-corrected chi connectivity index (χ2v) is 4.31. The molecule has 0 aromatic rings. The second kappa shape index (κ2) is 5.69. The molecule has 5 N–H and O–H groups in total. The van der Waals surface area contributed by atoms with Gasteiger partial charge in [-0.05, 0) is 38.0 Å². The molecule has 1 fully saturated rings. The van der Waals surface area contributed by atoms with Gasteiger partial charge in [0.05, 0.1) is 6.10 Å². The van der Waals surface area contributed by atoms with Crippen molar-refractivity contribution in [2.75, 3.05) is 0 Å². The van der Waals surface area contributed by atoms with Gasteiger partial charge in [0.15, 0.2) is 0 Å². The Morgan fingerprint density at radius 1 is 1.31 bits per heavy atom. The molecule has 1 unspecified atom stereocenters. The van der Waals surface area contributed by atoms with Gasteiger partial charge in [0, 0.05) is 0 Å². The summed E-state index contributed by atoms with van der Waals surface area (Å²) in [6, 6.07) is -1.74. The molecule has 0 aromatic carbocycles. The summed E-state index contributed by atoms with van der Waals surface area (Å²) in [6.07, 6.45) is 3.12. The normalized spacial score (nSPS) is 27.1. The van der Waals surface area contributed by atoms with Gasteiger partial charge in [0.2, 0.25) is 0 Å². The minimum Gasteiger partial charge on any atom is -0.480 e. The zero-order chi connectivity index (χ0) is 12.1. The van der Waals surface area contributed by atoms with Crippen molar-refractivity contribution in [2.45, 2.75) is 44.2 Å². The first-order valence-corrected chi connectivity index (χ1v) is 5.46. The molecule has 16 heavy (non-hydrogen) atoms. The number of aliphatic hydroxyl groups is 1. The van der Waals surface area contributed by atoms with Crippen molar-refractivity contribution in [2.24, 2.45) is 11.7 Å². The van der Waals surface area contributed by atoms with Gasteiger partial charge in [-0.1, -0.05) is 0 Å². The third kappa shape index (κ3) is 4.06. The number of rotatable bonds is 4. The first-order chi connectivity index (χ1) is 7.49. The molecule has 92 valence electrons. The van der Waals surface area contributed by atoms with Crippen LogP contribution in [-0.4, -0.2) is 34.4 Å². The lowest BCUT2D eigenvalue weighted by atomic mass is 9.83. The van der Waals surface area contributed by atoms with Gasteiger partial charge < -0.3 is 21.3 Å². The Labute approximate surface area is 93.8 Å². The number of carbonyl (C=O) groups is 2. The van der Waals surface area contributed by atoms with Crippen LogP contribution < -0.4 is 11.1 Å². The van der Waals surface area contributed by atoms with Gasteiger partial charge in [0.25, 0.3) is 0 Å². The molecule has 1 rings (SSSR count). The van der Waals surface area contributed by atoms with Crippen LogP contribution in [0.1, 0.15) is 32.1 Å². The molecule has 1 aliphatic carbocycles. The molecule has 0 aromatic heterocycles. The molecule has 0 aliphatic heterocycles. The molecule has 0 heterocycles. The Kier molecular flexibility index (Phi) is 4.54. The number of carboxylic acids is 1. The van der Waals surface area contributed by atoms with Gasteiger partial charge in [-0.25, -0.2) is 9.59 Å². The van der Waals surface area contributed by atoms with E-state index < -0.39 is 18.0 Å². The lowest BCUT2D eigenvalue weighted by Crippen LogP contribution is -2.45. The number of aliphatic carboxylic acids is 1. The molecule has 1 aliphatic rings. The number of hydrogen-bond donors (Lipinski definition) is 4. The molecular formula is C10H18N2O4. The van der Waals surface area contributed by atoms with Crippen LogP contribution in [0.4, 0.5) is 4.79 Å². The van der Waals surface area contributed by atoms with Gasteiger partial charge in [-0.15, -0.1) is 0 Å². The molecule has 6 heteroatoms. The zero-order valence-electron chi connectivity index (χ0n) is 9.06. The van der Waals surface area contributed by atoms with Crippen molar-refractivity contribution in [3.8, 4) is 0 Å². The molecule has 1 saturated carbocycles. The van der Waals surface area contributed by atoms with Crippen LogP contribution in [0.2, 0.25) is 0 Å². The molecule has 1 atom stereocenters. The average Bonchev–Trinajstić information content (AvgIpc) is 2.19. The number of aliphatic hydroxyl groups excluding tert-OH is 1. The fourth-order valence-corrected chi connectivity index (χ4v) is 2.11. The van der Waals surface area contributed by atoms with Crippen LogP contribution >= 0.6 is 0 Å². The zero-order valence-corrected chi connectivity index (χ0v) is 9.06. The number of carboxylic acid groups (broad SMARTS) is 1. The number of urea groups is 1. The van der Waals surface area contributed by atoms with E-state index in [1.54, 1.807) is 0 Å². The largest absolute Gasteiger partial charge is 0.480 e. The molecule has 0 saturated heterocycles. The van der Waals surface area contributed by atoms with Crippen LogP contribution in [-0.2, 0) is 4.79 Å². The average molecular weight is 230 g/mol. The summed E-state index contributed by atoms with van der Waals surface area (Å²) in [7, 11) is 0. The number of nitrogens with two attached hydrogens (primary N) is 1. The van der Waals surface area contributed by atoms with Gasteiger partial charge in [-0.3, -0.25) is 0 Å². The molecule has 0 bridgehead atoms. The van der Waals surface area contributed by atoms with E-state index >= 15 is 0 Å². The van der Waals surface area contributed by atoms with E-state index in [0.29, 0.717) is 19.3 Å². The van der Waals surface area contributed by atoms with E-state index in [2.05, 4.69) is 5.32 Å². The van der Waals surface area contributed by atoms with Crippen LogP contribution in [0.5, 0.6) is 0 Å². The van der Waals surface area contributed by atoms with Crippen molar-refractivity contribution in [1.29, 1.82) is 0 Å². The number of nitrogens with one attached hydrogen (secondary N) is 1. The Bertz CT molecular complexity index is 262. The summed E-state index contributed by atoms with van der Waals surface area (Å²) in [5, 5.41) is 20.4. The van der Waals surface area contributed by atoms with E-state index in [-0.39, 0.29) is 12.0 Å². The number of primary amides is 1. The summed E-state index contributed by atoms with van der Waals surface area (Å²) in [5.41, 5.74) is 4.90. The fraction of sp³-hybridized carbons (Fsp3) is 0.800. The highest BCUT2D eigenvalue weighted by molar-refractivity contribution is 5.81. The van der Waals surface area contributed by atoms with Crippen LogP contribution in [0.15, 0.2) is 0 Å². The Morgan fingerprint density at radius 3 is 2.31 bits per heavy atom. The summed E-state index contributed by atoms with van der Waals surface area (Å²) in [4.78, 5) is 21.5. The van der Waals surface area contributed by atoms with Crippen molar-refractivity contribution >= 4 is 12.0 Å². The number of amides is 2. The predicted molar refractivity (Wildman–Crippen MR) is 56.7 cm³/mol. The quantitative estimate of drug-likeness (QED) is 0.546. The topological polar surface area (TPSA) is 113 Å². The highest BCUT2D eigenvalue weighted by Crippen LogP contribution is 2.27. The maximum absolute atomic E-state index is 10.9. The van der Waals surface area contributed by atoms with Crippen molar-refractivity contribution < 1.29 is 19.8 Å². The van der Waals surface area contributed by atoms with Crippen molar-refractivity contribution in [1.82, 2.24) is 5.32 Å². The van der Waals surface area contributed by atoms with Crippen molar-refractivity contribution in [3.05, 3.63) is 0 Å². The fourth-order valence-electron chi connectivity index (χ4n) is 2.11. The van der Waals surface area contributed by atoms with E-state index in [1.807, 2.05) is 0 Å². The maximum Gasteiger partial charge on any atom is 0.326 e.